The van der Waals surface area contributed by atoms with E-state index in [1.165, 1.54) is 4.57 Å². The number of carbonyl (C=O) groups excluding carboxylic acids is 1. The van der Waals surface area contributed by atoms with E-state index in [1.54, 1.807) is 6.20 Å². The highest BCUT2D eigenvalue weighted by Gasteiger charge is 2.29. The maximum absolute atomic E-state index is 12.4. The van der Waals surface area contributed by atoms with Gasteiger partial charge in [-0.3, -0.25) is 14.3 Å². The van der Waals surface area contributed by atoms with Gasteiger partial charge in [0.05, 0.1) is 12.5 Å². The average Bonchev–Trinajstić information content (AvgIpc) is 3.05. The fourth-order valence-corrected chi connectivity index (χ4v) is 4.62. The van der Waals surface area contributed by atoms with Crippen molar-refractivity contribution in [1.29, 1.82) is 0 Å². The highest BCUT2D eigenvalue weighted by molar-refractivity contribution is 5.71. The van der Waals surface area contributed by atoms with Crippen LogP contribution in [0.3, 0.4) is 0 Å². The van der Waals surface area contributed by atoms with Crippen molar-refractivity contribution in [2.45, 2.75) is 52.2 Å². The predicted molar refractivity (Wildman–Crippen MR) is 122 cm³/mol. The van der Waals surface area contributed by atoms with Crippen LogP contribution in [-0.4, -0.2) is 69.5 Å². The van der Waals surface area contributed by atoms with Crippen LogP contribution in [0.15, 0.2) is 24.4 Å². The summed E-state index contributed by atoms with van der Waals surface area (Å²) < 4.78 is 7.35. The highest BCUT2D eigenvalue weighted by atomic mass is 16.5. The zero-order chi connectivity index (χ0) is 22.7. The van der Waals surface area contributed by atoms with Crippen LogP contribution >= 0.6 is 0 Å². The van der Waals surface area contributed by atoms with E-state index in [0.717, 1.165) is 68.8 Å². The first-order valence-electron chi connectivity index (χ1n) is 11.6. The van der Waals surface area contributed by atoms with Gasteiger partial charge in [-0.25, -0.2) is 4.98 Å². The number of aromatic nitrogens is 2. The minimum Gasteiger partial charge on any atom is -0.494 e. The third-order valence-electron chi connectivity index (χ3n) is 6.47. The molecule has 1 aliphatic carbocycles. The molecular weight excluding hydrogens is 408 g/mol. The van der Waals surface area contributed by atoms with E-state index in [4.69, 9.17) is 4.74 Å². The van der Waals surface area contributed by atoms with E-state index >= 15 is 0 Å². The van der Waals surface area contributed by atoms with Crippen LogP contribution < -0.4 is 4.90 Å². The number of fused-ring (bicyclic) bond motifs is 1. The van der Waals surface area contributed by atoms with Gasteiger partial charge >= 0.3 is 5.97 Å². The number of rotatable bonds is 7. The lowest BCUT2D eigenvalue weighted by Crippen LogP contribution is -2.50. The molecule has 1 aliphatic heterocycles. The maximum atomic E-state index is 12.4. The lowest BCUT2D eigenvalue weighted by molar-refractivity contribution is -0.154. The molecule has 2 aliphatic rings. The van der Waals surface area contributed by atoms with Crippen molar-refractivity contribution >= 4 is 11.8 Å². The van der Waals surface area contributed by atoms with E-state index < -0.39 is 6.10 Å². The number of aromatic hydroxyl groups is 2. The summed E-state index contributed by atoms with van der Waals surface area (Å²) in [4.78, 5) is 21.4. The number of piperazine rings is 1. The van der Waals surface area contributed by atoms with Crippen LogP contribution in [-0.2, 0) is 28.9 Å². The summed E-state index contributed by atoms with van der Waals surface area (Å²) in [6, 6.07) is 5.92. The van der Waals surface area contributed by atoms with Gasteiger partial charge in [-0.1, -0.05) is 19.9 Å². The Morgan fingerprint density at radius 3 is 2.25 bits per heavy atom. The highest BCUT2D eigenvalue weighted by Crippen LogP contribution is 2.39. The largest absolute Gasteiger partial charge is 0.494 e. The second-order valence-electron chi connectivity index (χ2n) is 9.11. The Hall–Kier alpha value is -2.74. The van der Waals surface area contributed by atoms with Crippen molar-refractivity contribution in [1.82, 2.24) is 14.5 Å². The van der Waals surface area contributed by atoms with E-state index in [2.05, 4.69) is 14.8 Å². The van der Waals surface area contributed by atoms with E-state index in [0.29, 0.717) is 6.54 Å². The molecule has 0 aromatic carbocycles. The molecule has 0 bridgehead atoms. The molecule has 0 saturated carbocycles. The molecule has 2 N–H and O–H groups in total. The smallest absolute Gasteiger partial charge is 0.308 e. The van der Waals surface area contributed by atoms with Crippen LogP contribution in [0.25, 0.3) is 0 Å². The molecule has 1 atom stereocenters. The van der Waals surface area contributed by atoms with Gasteiger partial charge in [0.25, 0.3) is 0 Å². The molecule has 8 heteroatoms. The van der Waals surface area contributed by atoms with Gasteiger partial charge in [0.15, 0.2) is 11.8 Å². The van der Waals surface area contributed by atoms with E-state index in [9.17, 15) is 15.0 Å². The molecule has 8 nitrogen and oxygen atoms in total. The molecule has 32 heavy (non-hydrogen) atoms. The van der Waals surface area contributed by atoms with Crippen molar-refractivity contribution in [3.05, 3.63) is 35.5 Å². The zero-order valence-electron chi connectivity index (χ0n) is 19.0. The Bertz CT molecular complexity index is 890. The van der Waals surface area contributed by atoms with Crippen LogP contribution in [0.4, 0.5) is 5.82 Å². The first-order valence-corrected chi connectivity index (χ1v) is 11.6. The molecule has 2 aromatic rings. The zero-order valence-corrected chi connectivity index (χ0v) is 19.0. The van der Waals surface area contributed by atoms with Crippen LogP contribution in [0.1, 0.15) is 37.8 Å². The standard InChI is InChI=1S/C24H34N4O4/c1-17(2)24(31)32-18(16-28-22(29)19-7-3-4-8-20(19)23(28)30)15-26-11-13-27(14-12-26)21-9-5-6-10-25-21/h5-6,9-10,17-18,29-30H,3-4,7-8,11-16H2,1-2H3. The molecule has 0 amide bonds. The molecule has 3 heterocycles. The Balaban J connectivity index is 1.45. The van der Waals surface area contributed by atoms with Crippen LogP contribution in [0.2, 0.25) is 0 Å². The Labute approximate surface area is 189 Å². The van der Waals surface area contributed by atoms with Crippen molar-refractivity contribution in [3.8, 4) is 11.8 Å². The summed E-state index contributed by atoms with van der Waals surface area (Å²) in [6.45, 7) is 7.76. The quantitative estimate of drug-likeness (QED) is 0.637. The molecule has 0 radical (unpaired) electrons. The van der Waals surface area contributed by atoms with Crippen molar-refractivity contribution in [2.24, 2.45) is 5.92 Å². The number of pyridine rings is 1. The second-order valence-corrected chi connectivity index (χ2v) is 9.11. The fraction of sp³-hybridized carbons (Fsp3) is 0.583. The number of hydrogen-bond acceptors (Lipinski definition) is 7. The molecular formula is C24H34N4O4. The van der Waals surface area contributed by atoms with Crippen LogP contribution in [0, 0.1) is 5.92 Å². The number of hydrogen-bond donors (Lipinski definition) is 2. The first kappa shape index (κ1) is 22.5. The average molecular weight is 443 g/mol. The van der Waals surface area contributed by atoms with Gasteiger partial charge in [-0.2, -0.15) is 0 Å². The van der Waals surface area contributed by atoms with Gasteiger partial charge in [0.2, 0.25) is 0 Å². The summed E-state index contributed by atoms with van der Waals surface area (Å²) in [7, 11) is 0. The Kier molecular flexibility index (Phi) is 6.89. The molecule has 0 spiro atoms. The minimum absolute atomic E-state index is 0.114. The summed E-state index contributed by atoms with van der Waals surface area (Å²) in [5, 5.41) is 21.5. The second kappa shape index (κ2) is 9.81. The van der Waals surface area contributed by atoms with Crippen molar-refractivity contribution in [3.63, 3.8) is 0 Å². The van der Waals surface area contributed by atoms with E-state index in [1.807, 2.05) is 32.0 Å². The Morgan fingerprint density at radius 1 is 1.03 bits per heavy atom. The topological polar surface area (TPSA) is 91.1 Å². The molecule has 1 fully saturated rings. The number of nitrogens with zero attached hydrogens (tertiary/aromatic N) is 4. The van der Waals surface area contributed by atoms with Gasteiger partial charge in [-0.05, 0) is 37.8 Å². The third kappa shape index (κ3) is 4.85. The Morgan fingerprint density at radius 2 is 1.69 bits per heavy atom. The monoisotopic (exact) mass is 442 g/mol. The van der Waals surface area contributed by atoms with Gasteiger partial charge in [0.1, 0.15) is 11.9 Å². The molecule has 1 unspecified atom stereocenters. The summed E-state index contributed by atoms with van der Waals surface area (Å²) in [6.07, 6.45) is 4.91. The van der Waals surface area contributed by atoms with Gasteiger partial charge in [-0.15, -0.1) is 0 Å². The SMILES string of the molecule is CC(C)C(=O)OC(CN1CCN(c2ccccn2)CC1)Cn1c(O)c2c(c1O)CCCC2. The molecule has 1 saturated heterocycles. The lowest BCUT2D eigenvalue weighted by atomic mass is 9.95. The number of carbonyl (C=O) groups is 1. The summed E-state index contributed by atoms with van der Waals surface area (Å²) >= 11 is 0. The first-order chi connectivity index (χ1) is 15.4. The lowest BCUT2D eigenvalue weighted by Gasteiger charge is -2.37. The summed E-state index contributed by atoms with van der Waals surface area (Å²) in [5.74, 6) is 0.699. The fourth-order valence-electron chi connectivity index (χ4n) is 4.62. The van der Waals surface area contributed by atoms with Gasteiger partial charge < -0.3 is 19.8 Å². The molecule has 2 aromatic heterocycles. The van der Waals surface area contributed by atoms with Crippen molar-refractivity contribution in [2.75, 3.05) is 37.6 Å². The number of esters is 1. The molecule has 174 valence electrons. The number of ether oxygens (including phenoxy) is 1. The minimum atomic E-state index is -0.461. The normalized spacial score (nSPS) is 17.9. The number of anilines is 1. The van der Waals surface area contributed by atoms with Crippen molar-refractivity contribution < 1.29 is 19.7 Å². The third-order valence-corrected chi connectivity index (χ3v) is 6.47. The predicted octanol–water partition coefficient (Wildman–Crippen LogP) is 2.56. The van der Waals surface area contributed by atoms with Gasteiger partial charge in [0, 0.05) is 50.0 Å². The van der Waals surface area contributed by atoms with E-state index in [-0.39, 0.29) is 30.2 Å². The maximum Gasteiger partial charge on any atom is 0.308 e. The van der Waals surface area contributed by atoms with Crippen LogP contribution in [0.5, 0.6) is 11.8 Å². The summed E-state index contributed by atoms with van der Waals surface area (Å²) in [5.41, 5.74) is 1.68. The molecule has 4 rings (SSSR count).